The predicted octanol–water partition coefficient (Wildman–Crippen LogP) is 2.79. The molecule has 0 radical (unpaired) electrons. The molecule has 1 aromatic rings. The van der Waals surface area contributed by atoms with Crippen molar-refractivity contribution in [3.05, 3.63) is 35.4 Å². The minimum Gasteiger partial charge on any atom is -0.212 e. The summed E-state index contributed by atoms with van der Waals surface area (Å²) >= 11 is 5.70. The maximum Gasteiger partial charge on any atom is 0.214 e. The molecular weight excluding hydrogens is 270 g/mol. The van der Waals surface area contributed by atoms with Crippen LogP contribution < -0.4 is 4.72 Å². The van der Waals surface area contributed by atoms with Crippen LogP contribution in [0.5, 0.6) is 0 Å². The molecule has 1 fully saturated rings. The van der Waals surface area contributed by atoms with Gasteiger partial charge in [0.25, 0.3) is 0 Å². The minimum absolute atomic E-state index is 0.195. The summed E-state index contributed by atoms with van der Waals surface area (Å²) in [6, 6.07) is 7.67. The predicted molar refractivity (Wildman–Crippen MR) is 74.0 cm³/mol. The van der Waals surface area contributed by atoms with E-state index in [2.05, 4.69) is 4.72 Å². The monoisotopic (exact) mass is 287 g/mol. The molecule has 2 rings (SSSR count). The van der Waals surface area contributed by atoms with Gasteiger partial charge in [-0.15, -0.1) is 11.6 Å². The molecular formula is C13H18ClNO2S. The van der Waals surface area contributed by atoms with Crippen molar-refractivity contribution in [1.82, 2.24) is 4.72 Å². The van der Waals surface area contributed by atoms with Crippen molar-refractivity contribution in [2.24, 2.45) is 0 Å². The molecule has 0 bridgehead atoms. The topological polar surface area (TPSA) is 46.2 Å². The zero-order chi connectivity index (χ0) is 13.0. The van der Waals surface area contributed by atoms with Gasteiger partial charge in [-0.1, -0.05) is 37.1 Å². The van der Waals surface area contributed by atoms with Gasteiger partial charge in [0.05, 0.1) is 5.25 Å². The van der Waals surface area contributed by atoms with Gasteiger partial charge in [0.2, 0.25) is 10.0 Å². The fourth-order valence-corrected chi connectivity index (χ4v) is 3.98. The van der Waals surface area contributed by atoms with Crippen LogP contribution in [0.2, 0.25) is 0 Å². The minimum atomic E-state index is -3.15. The molecule has 1 saturated carbocycles. The van der Waals surface area contributed by atoms with E-state index in [9.17, 15) is 8.42 Å². The Kier molecular flexibility index (Phi) is 4.65. The molecule has 0 amide bonds. The third-order valence-corrected chi connectivity index (χ3v) is 5.60. The molecule has 0 heterocycles. The van der Waals surface area contributed by atoms with Gasteiger partial charge in [0.1, 0.15) is 0 Å². The average Bonchev–Trinajstić information content (AvgIpc) is 2.92. The molecule has 0 atom stereocenters. The van der Waals surface area contributed by atoms with Crippen LogP contribution in [0.3, 0.4) is 0 Å². The van der Waals surface area contributed by atoms with Gasteiger partial charge in [0.15, 0.2) is 0 Å². The first-order valence-corrected chi connectivity index (χ1v) is 8.32. The van der Waals surface area contributed by atoms with Gasteiger partial charge < -0.3 is 0 Å². The lowest BCUT2D eigenvalue weighted by Crippen LogP contribution is -2.32. The second-order valence-corrected chi connectivity index (χ2v) is 7.04. The third kappa shape index (κ3) is 3.46. The standard InChI is InChI=1S/C13H18ClNO2S/c14-9-11-5-7-12(8-6-11)10-15-18(16,17)13-3-1-2-4-13/h5-8,13,15H,1-4,9-10H2. The summed E-state index contributed by atoms with van der Waals surface area (Å²) in [6.07, 6.45) is 3.63. The summed E-state index contributed by atoms with van der Waals surface area (Å²) < 4.78 is 26.7. The number of benzene rings is 1. The molecule has 0 saturated heterocycles. The molecule has 1 N–H and O–H groups in total. The van der Waals surface area contributed by atoms with Crippen molar-refractivity contribution in [2.75, 3.05) is 0 Å². The van der Waals surface area contributed by atoms with E-state index >= 15 is 0 Å². The van der Waals surface area contributed by atoms with Crippen LogP contribution >= 0.6 is 11.6 Å². The van der Waals surface area contributed by atoms with Crippen molar-refractivity contribution in [1.29, 1.82) is 0 Å². The number of halogens is 1. The van der Waals surface area contributed by atoms with Crippen molar-refractivity contribution in [3.63, 3.8) is 0 Å². The van der Waals surface area contributed by atoms with Crippen molar-refractivity contribution in [2.45, 2.75) is 43.4 Å². The second kappa shape index (κ2) is 6.04. The van der Waals surface area contributed by atoms with Crippen molar-refractivity contribution in [3.8, 4) is 0 Å². The Bertz CT molecular complexity index is 478. The number of hydrogen-bond donors (Lipinski definition) is 1. The molecule has 0 aromatic heterocycles. The molecule has 0 spiro atoms. The number of sulfonamides is 1. The highest BCUT2D eigenvalue weighted by atomic mass is 35.5. The second-order valence-electron chi connectivity index (χ2n) is 4.72. The first-order chi connectivity index (χ1) is 8.62. The number of rotatable bonds is 5. The average molecular weight is 288 g/mol. The van der Waals surface area contributed by atoms with E-state index in [0.29, 0.717) is 12.4 Å². The largest absolute Gasteiger partial charge is 0.214 e. The summed E-state index contributed by atoms with van der Waals surface area (Å²) in [6.45, 7) is 0.362. The van der Waals surface area contributed by atoms with Crippen LogP contribution in [0.1, 0.15) is 36.8 Å². The van der Waals surface area contributed by atoms with E-state index in [-0.39, 0.29) is 5.25 Å². The summed E-state index contributed by atoms with van der Waals surface area (Å²) in [7, 11) is -3.15. The van der Waals surface area contributed by atoms with Crippen LogP contribution in [-0.2, 0) is 22.4 Å². The van der Waals surface area contributed by atoms with Crippen LogP contribution in [0.4, 0.5) is 0 Å². The van der Waals surface area contributed by atoms with Gasteiger partial charge >= 0.3 is 0 Å². The number of hydrogen-bond acceptors (Lipinski definition) is 2. The smallest absolute Gasteiger partial charge is 0.212 e. The molecule has 100 valence electrons. The van der Waals surface area contributed by atoms with Gasteiger partial charge in [-0.25, -0.2) is 13.1 Å². The molecule has 0 aliphatic heterocycles. The van der Waals surface area contributed by atoms with E-state index in [0.717, 1.165) is 36.8 Å². The maximum absolute atomic E-state index is 12.0. The Hall–Kier alpha value is -0.580. The molecule has 5 heteroatoms. The fourth-order valence-electron chi connectivity index (χ4n) is 2.25. The molecule has 1 aliphatic carbocycles. The lowest BCUT2D eigenvalue weighted by atomic mass is 10.1. The first kappa shape index (κ1) is 13.8. The zero-order valence-corrected chi connectivity index (χ0v) is 11.8. The van der Waals surface area contributed by atoms with Gasteiger partial charge in [-0.2, -0.15) is 0 Å². The molecule has 18 heavy (non-hydrogen) atoms. The summed E-state index contributed by atoms with van der Waals surface area (Å²) in [4.78, 5) is 0. The third-order valence-electron chi connectivity index (χ3n) is 3.40. The Labute approximate surface area is 114 Å². The summed E-state index contributed by atoms with van der Waals surface area (Å²) in [5, 5.41) is -0.195. The number of nitrogens with one attached hydrogen (secondary N) is 1. The quantitative estimate of drug-likeness (QED) is 0.847. The zero-order valence-electron chi connectivity index (χ0n) is 10.2. The Balaban J connectivity index is 1.93. The van der Waals surface area contributed by atoms with Gasteiger partial charge in [0, 0.05) is 12.4 Å². The van der Waals surface area contributed by atoms with Gasteiger partial charge in [-0.3, -0.25) is 0 Å². The normalized spacial score (nSPS) is 17.2. The Morgan fingerprint density at radius 2 is 1.67 bits per heavy atom. The Morgan fingerprint density at radius 3 is 2.22 bits per heavy atom. The lowest BCUT2D eigenvalue weighted by Gasteiger charge is -2.12. The lowest BCUT2D eigenvalue weighted by molar-refractivity contribution is 0.564. The first-order valence-electron chi connectivity index (χ1n) is 6.24. The van der Waals surface area contributed by atoms with E-state index in [1.807, 2.05) is 24.3 Å². The van der Waals surface area contributed by atoms with E-state index < -0.39 is 10.0 Å². The highest BCUT2D eigenvalue weighted by Crippen LogP contribution is 2.24. The molecule has 1 aliphatic rings. The molecule has 1 aromatic carbocycles. The van der Waals surface area contributed by atoms with E-state index in [4.69, 9.17) is 11.6 Å². The van der Waals surface area contributed by atoms with E-state index in [1.54, 1.807) is 0 Å². The maximum atomic E-state index is 12.0. The van der Waals surface area contributed by atoms with Crippen molar-refractivity contribution < 1.29 is 8.42 Å². The highest BCUT2D eigenvalue weighted by Gasteiger charge is 2.27. The molecule has 3 nitrogen and oxygen atoms in total. The van der Waals surface area contributed by atoms with Crippen LogP contribution in [0.15, 0.2) is 24.3 Å². The van der Waals surface area contributed by atoms with E-state index in [1.165, 1.54) is 0 Å². The van der Waals surface area contributed by atoms with Crippen LogP contribution in [0, 0.1) is 0 Å². The molecule has 0 unspecified atom stereocenters. The SMILES string of the molecule is O=S(=O)(NCc1ccc(CCl)cc1)C1CCCC1. The van der Waals surface area contributed by atoms with Crippen LogP contribution in [-0.4, -0.2) is 13.7 Å². The number of alkyl halides is 1. The fraction of sp³-hybridized carbons (Fsp3) is 0.538. The highest BCUT2D eigenvalue weighted by molar-refractivity contribution is 7.90. The summed E-state index contributed by atoms with van der Waals surface area (Å²) in [5.74, 6) is 0.480. The summed E-state index contributed by atoms with van der Waals surface area (Å²) in [5.41, 5.74) is 2.00. The Morgan fingerprint density at radius 1 is 1.11 bits per heavy atom. The van der Waals surface area contributed by atoms with Crippen molar-refractivity contribution >= 4 is 21.6 Å². The van der Waals surface area contributed by atoms with Gasteiger partial charge in [-0.05, 0) is 24.0 Å². The van der Waals surface area contributed by atoms with Crippen LogP contribution in [0.25, 0.3) is 0 Å².